The molecule has 0 radical (unpaired) electrons. The molecule has 2 atom stereocenters. The fourth-order valence-electron chi connectivity index (χ4n) is 2.36. The van der Waals surface area contributed by atoms with Gasteiger partial charge in [-0.3, -0.25) is 9.69 Å². The zero-order chi connectivity index (χ0) is 13.8. The SMILES string of the molecule is CC1CN(C(=O)COc2ccccc2)CC(C)N1C. The Hall–Kier alpha value is -1.55. The number of carbonyl (C=O) groups is 1. The number of benzene rings is 1. The van der Waals surface area contributed by atoms with Gasteiger partial charge in [0.05, 0.1) is 0 Å². The van der Waals surface area contributed by atoms with Crippen molar-refractivity contribution in [1.82, 2.24) is 9.80 Å². The summed E-state index contributed by atoms with van der Waals surface area (Å²) in [5.74, 6) is 0.807. The van der Waals surface area contributed by atoms with E-state index in [0.29, 0.717) is 12.1 Å². The van der Waals surface area contributed by atoms with Crippen molar-refractivity contribution in [2.24, 2.45) is 0 Å². The van der Waals surface area contributed by atoms with E-state index in [1.807, 2.05) is 35.2 Å². The zero-order valence-electron chi connectivity index (χ0n) is 11.9. The molecule has 104 valence electrons. The van der Waals surface area contributed by atoms with Crippen LogP contribution in [0.4, 0.5) is 0 Å². The van der Waals surface area contributed by atoms with Crippen LogP contribution >= 0.6 is 0 Å². The second kappa shape index (κ2) is 6.06. The highest BCUT2D eigenvalue weighted by Gasteiger charge is 2.29. The predicted molar refractivity (Wildman–Crippen MR) is 75.2 cm³/mol. The lowest BCUT2D eigenvalue weighted by Gasteiger charge is -2.42. The first kappa shape index (κ1) is 13.9. The van der Waals surface area contributed by atoms with Crippen LogP contribution in [0.15, 0.2) is 30.3 Å². The van der Waals surface area contributed by atoms with E-state index < -0.39 is 0 Å². The molecule has 1 aromatic rings. The number of carbonyl (C=O) groups excluding carboxylic acids is 1. The Kier molecular flexibility index (Phi) is 4.43. The molecule has 0 saturated carbocycles. The molecule has 0 bridgehead atoms. The Morgan fingerprint density at radius 3 is 2.37 bits per heavy atom. The lowest BCUT2D eigenvalue weighted by atomic mass is 10.1. The van der Waals surface area contributed by atoms with Crippen molar-refractivity contribution in [3.05, 3.63) is 30.3 Å². The first-order valence-electron chi connectivity index (χ1n) is 6.75. The highest BCUT2D eigenvalue weighted by Crippen LogP contribution is 2.14. The van der Waals surface area contributed by atoms with Crippen LogP contribution in [0.25, 0.3) is 0 Å². The smallest absolute Gasteiger partial charge is 0.260 e. The van der Waals surface area contributed by atoms with E-state index in [-0.39, 0.29) is 12.5 Å². The van der Waals surface area contributed by atoms with Gasteiger partial charge in [0.1, 0.15) is 5.75 Å². The average Bonchev–Trinajstić information content (AvgIpc) is 2.42. The van der Waals surface area contributed by atoms with E-state index in [1.54, 1.807) is 0 Å². The molecule has 1 aromatic carbocycles. The minimum absolute atomic E-state index is 0.0654. The van der Waals surface area contributed by atoms with Gasteiger partial charge in [-0.05, 0) is 33.0 Å². The second-order valence-electron chi connectivity index (χ2n) is 5.26. The molecule has 4 nitrogen and oxygen atoms in total. The van der Waals surface area contributed by atoms with E-state index in [2.05, 4.69) is 25.8 Å². The topological polar surface area (TPSA) is 32.8 Å². The van der Waals surface area contributed by atoms with Crippen LogP contribution in [-0.2, 0) is 4.79 Å². The largest absolute Gasteiger partial charge is 0.484 e. The van der Waals surface area contributed by atoms with Gasteiger partial charge in [0.15, 0.2) is 6.61 Å². The van der Waals surface area contributed by atoms with Crippen LogP contribution in [-0.4, -0.2) is 54.5 Å². The third-order valence-corrected chi connectivity index (χ3v) is 3.82. The molecule has 1 fully saturated rings. The summed E-state index contributed by atoms with van der Waals surface area (Å²) in [5, 5.41) is 0. The van der Waals surface area contributed by atoms with Gasteiger partial charge < -0.3 is 9.64 Å². The van der Waals surface area contributed by atoms with Crippen LogP contribution in [0.5, 0.6) is 5.75 Å². The molecule has 0 aromatic heterocycles. The number of hydrogen-bond donors (Lipinski definition) is 0. The molecule has 2 rings (SSSR count). The summed E-state index contributed by atoms with van der Waals surface area (Å²) in [6.07, 6.45) is 0. The van der Waals surface area contributed by atoms with E-state index in [1.165, 1.54) is 0 Å². The predicted octanol–water partition coefficient (Wildman–Crippen LogP) is 1.62. The van der Waals surface area contributed by atoms with Gasteiger partial charge in [-0.2, -0.15) is 0 Å². The van der Waals surface area contributed by atoms with Gasteiger partial charge in [0.2, 0.25) is 0 Å². The molecule has 1 heterocycles. The maximum absolute atomic E-state index is 12.2. The molecule has 0 spiro atoms. The zero-order valence-corrected chi connectivity index (χ0v) is 11.9. The van der Waals surface area contributed by atoms with Gasteiger partial charge in [-0.1, -0.05) is 18.2 Å². The van der Waals surface area contributed by atoms with Crippen molar-refractivity contribution < 1.29 is 9.53 Å². The highest BCUT2D eigenvalue weighted by molar-refractivity contribution is 5.78. The third kappa shape index (κ3) is 3.47. The molecule has 1 amide bonds. The first-order valence-corrected chi connectivity index (χ1v) is 6.75. The number of para-hydroxylation sites is 1. The summed E-state index contributed by atoms with van der Waals surface area (Å²) in [6.45, 7) is 5.96. The van der Waals surface area contributed by atoms with Crippen LogP contribution in [0.3, 0.4) is 0 Å². The van der Waals surface area contributed by atoms with Gasteiger partial charge in [-0.25, -0.2) is 0 Å². The molecule has 4 heteroatoms. The molecule has 2 unspecified atom stereocenters. The number of piperazine rings is 1. The fourth-order valence-corrected chi connectivity index (χ4v) is 2.36. The highest BCUT2D eigenvalue weighted by atomic mass is 16.5. The average molecular weight is 262 g/mol. The minimum atomic E-state index is 0.0654. The van der Waals surface area contributed by atoms with Crippen molar-refractivity contribution >= 4 is 5.91 Å². The number of ether oxygens (including phenoxy) is 1. The molecule has 1 aliphatic rings. The second-order valence-corrected chi connectivity index (χ2v) is 5.26. The molecular weight excluding hydrogens is 240 g/mol. The summed E-state index contributed by atoms with van der Waals surface area (Å²) in [4.78, 5) is 16.4. The van der Waals surface area contributed by atoms with Crippen LogP contribution < -0.4 is 4.74 Å². The van der Waals surface area contributed by atoms with Gasteiger partial charge in [0.25, 0.3) is 5.91 Å². The van der Waals surface area contributed by atoms with Gasteiger partial charge >= 0.3 is 0 Å². The van der Waals surface area contributed by atoms with Crippen LogP contribution in [0, 0.1) is 0 Å². The quantitative estimate of drug-likeness (QED) is 0.830. The Morgan fingerprint density at radius 1 is 1.21 bits per heavy atom. The lowest BCUT2D eigenvalue weighted by Crippen LogP contribution is -2.57. The molecule has 0 N–H and O–H groups in total. The van der Waals surface area contributed by atoms with E-state index in [0.717, 1.165) is 18.8 Å². The summed E-state index contributed by atoms with van der Waals surface area (Å²) in [7, 11) is 2.11. The van der Waals surface area contributed by atoms with E-state index in [9.17, 15) is 4.79 Å². The number of hydrogen-bond acceptors (Lipinski definition) is 3. The van der Waals surface area contributed by atoms with Crippen molar-refractivity contribution in [2.45, 2.75) is 25.9 Å². The maximum Gasteiger partial charge on any atom is 0.260 e. The third-order valence-electron chi connectivity index (χ3n) is 3.82. The lowest BCUT2D eigenvalue weighted by molar-refractivity contribution is -0.137. The Labute approximate surface area is 115 Å². The molecule has 0 aliphatic carbocycles. The van der Waals surface area contributed by atoms with E-state index in [4.69, 9.17) is 4.74 Å². The molecular formula is C15H22N2O2. The van der Waals surface area contributed by atoms with Gasteiger partial charge in [-0.15, -0.1) is 0 Å². The fraction of sp³-hybridized carbons (Fsp3) is 0.533. The summed E-state index contributed by atoms with van der Waals surface area (Å²) in [6, 6.07) is 10.2. The normalized spacial score (nSPS) is 24.3. The van der Waals surface area contributed by atoms with E-state index >= 15 is 0 Å². The van der Waals surface area contributed by atoms with Crippen molar-refractivity contribution in [1.29, 1.82) is 0 Å². The Bertz CT molecular complexity index is 409. The molecule has 1 saturated heterocycles. The number of amides is 1. The first-order chi connectivity index (χ1) is 9.08. The number of nitrogens with zero attached hydrogens (tertiary/aromatic N) is 2. The van der Waals surface area contributed by atoms with Crippen LogP contribution in [0.1, 0.15) is 13.8 Å². The summed E-state index contributed by atoms with van der Waals surface area (Å²) < 4.78 is 5.51. The number of likely N-dealkylation sites (N-methyl/N-ethyl adjacent to an activating group) is 1. The monoisotopic (exact) mass is 262 g/mol. The standard InChI is InChI=1S/C15H22N2O2/c1-12-9-17(10-13(2)16(12)3)15(18)11-19-14-7-5-4-6-8-14/h4-8,12-13H,9-11H2,1-3H3. The minimum Gasteiger partial charge on any atom is -0.484 e. The number of rotatable bonds is 3. The maximum atomic E-state index is 12.2. The van der Waals surface area contributed by atoms with Crippen LogP contribution in [0.2, 0.25) is 0 Å². The molecule has 1 aliphatic heterocycles. The Balaban J connectivity index is 1.87. The Morgan fingerprint density at radius 2 is 1.79 bits per heavy atom. The van der Waals surface area contributed by atoms with Crippen molar-refractivity contribution in [3.8, 4) is 5.75 Å². The summed E-state index contributed by atoms with van der Waals surface area (Å²) >= 11 is 0. The van der Waals surface area contributed by atoms with Crippen molar-refractivity contribution in [3.63, 3.8) is 0 Å². The summed E-state index contributed by atoms with van der Waals surface area (Å²) in [5.41, 5.74) is 0. The molecule has 19 heavy (non-hydrogen) atoms. The van der Waals surface area contributed by atoms with Crippen molar-refractivity contribution in [2.75, 3.05) is 26.7 Å². The van der Waals surface area contributed by atoms with Gasteiger partial charge in [0, 0.05) is 25.2 Å².